The summed E-state index contributed by atoms with van der Waals surface area (Å²) in [4.78, 5) is 29.9. The number of hydrogen-bond donors (Lipinski definition) is 1. The molecule has 1 aromatic carbocycles. The number of halogens is 1. The number of aromatic nitrogens is 2. The van der Waals surface area contributed by atoms with Gasteiger partial charge in [-0.15, -0.1) is 0 Å². The molecule has 0 fully saturated rings. The number of nitrogens with one attached hydrogen (secondary N) is 1. The highest BCUT2D eigenvalue weighted by Crippen LogP contribution is 2.15. The first-order valence-electron chi connectivity index (χ1n) is 8.53. The Hall–Kier alpha value is -2.66. The van der Waals surface area contributed by atoms with Crippen LogP contribution in [0.2, 0.25) is 5.02 Å². The maximum absolute atomic E-state index is 13.0. The molecule has 0 aliphatic rings. The van der Waals surface area contributed by atoms with Crippen LogP contribution < -0.4 is 10.9 Å². The number of hydrogen-bond acceptors (Lipinski definition) is 3. The number of pyridine rings is 2. The number of nitrogens with zero attached hydrogens (tertiary/aromatic N) is 2. The van der Waals surface area contributed by atoms with Gasteiger partial charge < -0.3 is 5.32 Å². The fraction of sp³-hybridized carbons (Fsp3) is 0.250. The average molecular weight is 370 g/mol. The van der Waals surface area contributed by atoms with E-state index in [4.69, 9.17) is 11.6 Å². The minimum Gasteiger partial charge on any atom is -0.349 e. The first kappa shape index (κ1) is 18.1. The molecule has 1 N–H and O–H groups in total. The van der Waals surface area contributed by atoms with Crippen LogP contribution in [0, 0.1) is 0 Å². The van der Waals surface area contributed by atoms with Crippen molar-refractivity contribution in [2.75, 3.05) is 0 Å². The van der Waals surface area contributed by atoms with Crippen molar-refractivity contribution in [3.8, 4) is 0 Å². The van der Waals surface area contributed by atoms with Gasteiger partial charge in [0.15, 0.2) is 0 Å². The summed E-state index contributed by atoms with van der Waals surface area (Å²) in [5, 5.41) is 4.24. The lowest BCUT2D eigenvalue weighted by Gasteiger charge is -2.14. The summed E-state index contributed by atoms with van der Waals surface area (Å²) in [6, 6.07) is 12.5. The summed E-state index contributed by atoms with van der Waals surface area (Å²) >= 11 is 5.94. The Morgan fingerprint density at radius 3 is 2.69 bits per heavy atom. The monoisotopic (exact) mass is 369 g/mol. The van der Waals surface area contributed by atoms with Crippen LogP contribution in [0.4, 0.5) is 0 Å². The number of amides is 1. The van der Waals surface area contributed by atoms with E-state index in [-0.39, 0.29) is 23.1 Å². The van der Waals surface area contributed by atoms with Crippen molar-refractivity contribution in [2.45, 2.75) is 32.9 Å². The van der Waals surface area contributed by atoms with Gasteiger partial charge in [0.1, 0.15) is 11.2 Å². The van der Waals surface area contributed by atoms with Crippen LogP contribution in [-0.2, 0) is 6.54 Å². The number of carbonyl (C=O) groups is 1. The Labute approximate surface area is 156 Å². The predicted molar refractivity (Wildman–Crippen MR) is 104 cm³/mol. The van der Waals surface area contributed by atoms with E-state index in [0.717, 1.165) is 17.4 Å². The standard InChI is InChI=1S/C20H20ClN3O2/c1-3-13(2)23-19(25)17-11-15-5-4-10-22-18(15)24(20(17)26)12-14-6-8-16(21)9-7-14/h4-11,13H,3,12H2,1-2H3,(H,23,25). The summed E-state index contributed by atoms with van der Waals surface area (Å²) in [7, 11) is 0. The number of carbonyl (C=O) groups excluding carboxylic acids is 1. The fourth-order valence-electron chi connectivity index (χ4n) is 2.69. The molecule has 2 aromatic heterocycles. The molecule has 2 heterocycles. The normalized spacial score (nSPS) is 12.1. The molecule has 0 saturated heterocycles. The van der Waals surface area contributed by atoms with E-state index in [1.165, 1.54) is 4.57 Å². The van der Waals surface area contributed by atoms with E-state index in [1.54, 1.807) is 30.5 Å². The van der Waals surface area contributed by atoms with E-state index in [9.17, 15) is 9.59 Å². The lowest BCUT2D eigenvalue weighted by Crippen LogP contribution is -2.37. The van der Waals surface area contributed by atoms with Crippen molar-refractivity contribution in [3.63, 3.8) is 0 Å². The van der Waals surface area contributed by atoms with Crippen LogP contribution in [0.3, 0.4) is 0 Å². The van der Waals surface area contributed by atoms with Crippen molar-refractivity contribution in [1.29, 1.82) is 0 Å². The van der Waals surface area contributed by atoms with E-state index in [2.05, 4.69) is 10.3 Å². The highest BCUT2D eigenvalue weighted by Gasteiger charge is 2.17. The molecule has 1 unspecified atom stereocenters. The van der Waals surface area contributed by atoms with E-state index in [1.807, 2.05) is 32.0 Å². The maximum atomic E-state index is 13.0. The SMILES string of the molecule is CCC(C)NC(=O)c1cc2cccnc2n(Cc2ccc(Cl)cc2)c1=O. The largest absolute Gasteiger partial charge is 0.349 e. The smallest absolute Gasteiger partial charge is 0.265 e. The summed E-state index contributed by atoms with van der Waals surface area (Å²) in [6.45, 7) is 4.20. The first-order valence-corrected chi connectivity index (χ1v) is 8.91. The van der Waals surface area contributed by atoms with Crippen molar-refractivity contribution in [1.82, 2.24) is 14.9 Å². The second-order valence-corrected chi connectivity index (χ2v) is 6.71. The highest BCUT2D eigenvalue weighted by molar-refractivity contribution is 6.30. The van der Waals surface area contributed by atoms with Crippen LogP contribution in [0.15, 0.2) is 53.5 Å². The maximum Gasteiger partial charge on any atom is 0.265 e. The quantitative estimate of drug-likeness (QED) is 0.747. The molecule has 0 aliphatic heterocycles. The topological polar surface area (TPSA) is 64.0 Å². The molecule has 134 valence electrons. The molecule has 0 spiro atoms. The van der Waals surface area contributed by atoms with Gasteiger partial charge in [-0.25, -0.2) is 4.98 Å². The Bertz CT molecular complexity index is 996. The zero-order valence-corrected chi connectivity index (χ0v) is 15.5. The van der Waals surface area contributed by atoms with Gasteiger partial charge in [0.05, 0.1) is 6.54 Å². The van der Waals surface area contributed by atoms with Gasteiger partial charge in [-0.2, -0.15) is 0 Å². The molecule has 6 heteroatoms. The van der Waals surface area contributed by atoms with Gasteiger partial charge in [-0.1, -0.05) is 30.7 Å². The van der Waals surface area contributed by atoms with E-state index < -0.39 is 0 Å². The number of fused-ring (bicyclic) bond motifs is 1. The second-order valence-electron chi connectivity index (χ2n) is 6.27. The Kier molecular flexibility index (Phi) is 5.38. The van der Waals surface area contributed by atoms with Crippen molar-refractivity contribution < 1.29 is 4.79 Å². The number of benzene rings is 1. The van der Waals surface area contributed by atoms with Gasteiger partial charge in [0.2, 0.25) is 0 Å². The van der Waals surface area contributed by atoms with E-state index >= 15 is 0 Å². The van der Waals surface area contributed by atoms with Crippen LogP contribution in [0.5, 0.6) is 0 Å². The predicted octanol–water partition coefficient (Wildman–Crippen LogP) is 3.63. The van der Waals surface area contributed by atoms with Crippen LogP contribution in [0.25, 0.3) is 11.0 Å². The molecule has 26 heavy (non-hydrogen) atoms. The molecule has 0 radical (unpaired) electrons. The van der Waals surface area contributed by atoms with Gasteiger partial charge >= 0.3 is 0 Å². The van der Waals surface area contributed by atoms with Gasteiger partial charge in [0, 0.05) is 22.6 Å². The molecule has 0 bridgehead atoms. The zero-order valence-electron chi connectivity index (χ0n) is 14.7. The summed E-state index contributed by atoms with van der Waals surface area (Å²) in [5.41, 5.74) is 1.22. The molecule has 3 rings (SSSR count). The zero-order chi connectivity index (χ0) is 18.7. The highest BCUT2D eigenvalue weighted by atomic mass is 35.5. The first-order chi connectivity index (χ1) is 12.5. The van der Waals surface area contributed by atoms with Crippen molar-refractivity contribution in [3.05, 3.63) is 75.2 Å². The minimum atomic E-state index is -0.361. The Morgan fingerprint density at radius 1 is 1.27 bits per heavy atom. The van der Waals surface area contributed by atoms with Crippen LogP contribution >= 0.6 is 11.6 Å². The van der Waals surface area contributed by atoms with Gasteiger partial charge in [-0.3, -0.25) is 14.2 Å². The fourth-order valence-corrected chi connectivity index (χ4v) is 2.82. The second kappa shape index (κ2) is 7.70. The van der Waals surface area contributed by atoms with Crippen molar-refractivity contribution in [2.24, 2.45) is 0 Å². The average Bonchev–Trinajstić information content (AvgIpc) is 2.65. The third-order valence-electron chi connectivity index (χ3n) is 4.34. The van der Waals surface area contributed by atoms with E-state index in [0.29, 0.717) is 17.2 Å². The Balaban J connectivity index is 2.11. The molecule has 1 atom stereocenters. The molecule has 0 aliphatic carbocycles. The lowest BCUT2D eigenvalue weighted by molar-refractivity contribution is 0.0937. The summed E-state index contributed by atoms with van der Waals surface area (Å²) in [5.74, 6) is -0.361. The summed E-state index contributed by atoms with van der Waals surface area (Å²) in [6.07, 6.45) is 2.43. The molecule has 5 nitrogen and oxygen atoms in total. The van der Waals surface area contributed by atoms with Gasteiger partial charge in [0.25, 0.3) is 11.5 Å². The lowest BCUT2D eigenvalue weighted by atomic mass is 10.1. The molecular weight excluding hydrogens is 350 g/mol. The van der Waals surface area contributed by atoms with Crippen LogP contribution in [-0.4, -0.2) is 21.5 Å². The third-order valence-corrected chi connectivity index (χ3v) is 4.59. The Morgan fingerprint density at radius 2 is 2.00 bits per heavy atom. The molecule has 1 amide bonds. The molecular formula is C20H20ClN3O2. The van der Waals surface area contributed by atoms with Crippen LogP contribution in [0.1, 0.15) is 36.2 Å². The minimum absolute atomic E-state index is 0.00351. The van der Waals surface area contributed by atoms with Gasteiger partial charge in [-0.05, 0) is 49.2 Å². The third kappa shape index (κ3) is 3.78. The summed E-state index contributed by atoms with van der Waals surface area (Å²) < 4.78 is 1.53. The molecule has 3 aromatic rings. The molecule has 0 saturated carbocycles. The number of rotatable bonds is 5. The van der Waals surface area contributed by atoms with Crippen molar-refractivity contribution >= 4 is 28.5 Å².